The molecule has 0 radical (unpaired) electrons. The Labute approximate surface area is 93.1 Å². The number of rotatable bonds is 9. The van der Waals surface area contributed by atoms with Crippen molar-refractivity contribution < 1.29 is 4.48 Å². The van der Waals surface area contributed by atoms with Crippen LogP contribution in [0, 0.1) is 0 Å². The molecule has 0 aromatic carbocycles. The molecule has 0 aliphatic carbocycles. The predicted molar refractivity (Wildman–Crippen MR) is 68.8 cm³/mol. The van der Waals surface area contributed by atoms with Crippen molar-refractivity contribution >= 4 is 10.2 Å². The Morgan fingerprint density at radius 1 is 0.929 bits per heavy atom. The first-order chi connectivity index (χ1) is 6.56. The van der Waals surface area contributed by atoms with Gasteiger partial charge in [-0.2, -0.15) is 0 Å². The summed E-state index contributed by atoms with van der Waals surface area (Å²) >= 11 is 0. The summed E-state index contributed by atoms with van der Waals surface area (Å²) < 4.78 is 1.11. The molecule has 0 amide bonds. The maximum Gasteiger partial charge on any atom is 0.0780 e. The van der Waals surface area contributed by atoms with Crippen molar-refractivity contribution in [3.63, 3.8) is 0 Å². The van der Waals surface area contributed by atoms with Gasteiger partial charge < -0.3 is 9.80 Å². The molecule has 86 valence electrons. The van der Waals surface area contributed by atoms with Gasteiger partial charge >= 0.3 is 0 Å². The Morgan fingerprint density at radius 2 is 1.50 bits per heavy atom. The monoisotopic (exact) mass is 217 g/mol. The molecule has 0 fully saturated rings. The van der Waals surface area contributed by atoms with Crippen LogP contribution < -0.4 is 5.32 Å². The van der Waals surface area contributed by atoms with Gasteiger partial charge in [0.25, 0.3) is 0 Å². The van der Waals surface area contributed by atoms with Gasteiger partial charge in [0.2, 0.25) is 0 Å². The summed E-state index contributed by atoms with van der Waals surface area (Å²) in [6.07, 6.45) is 8.25. The summed E-state index contributed by atoms with van der Waals surface area (Å²) in [5, 5.41) is 3.42. The normalized spacial score (nSPS) is 12.2. The molecule has 3 heteroatoms. The molecule has 14 heavy (non-hydrogen) atoms. The second kappa shape index (κ2) is 8.45. The highest BCUT2D eigenvalue weighted by Crippen LogP contribution is 2.04. The van der Waals surface area contributed by atoms with Gasteiger partial charge in [-0.15, -0.1) is 0 Å². The van der Waals surface area contributed by atoms with E-state index in [4.69, 9.17) is 0 Å². The quantitative estimate of drug-likeness (QED) is 0.338. The summed E-state index contributed by atoms with van der Waals surface area (Å²) in [7, 11) is 8.11. The molecule has 0 atom stereocenters. The van der Waals surface area contributed by atoms with Crippen molar-refractivity contribution in [2.75, 3.05) is 40.4 Å². The molecule has 0 heterocycles. The average Bonchev–Trinajstić information content (AvgIpc) is 2.08. The van der Waals surface area contributed by atoms with Gasteiger partial charge in [0, 0.05) is 10.2 Å². The standard InChI is InChI=1S/C11H29N2Si/c1-13(2,3)10-8-6-4-5-7-9-12-11-14/h12H,4-11H2,1-3,14H3/q+1. The second-order valence-corrected chi connectivity index (χ2v) is 5.84. The van der Waals surface area contributed by atoms with Crippen molar-refractivity contribution in [1.82, 2.24) is 5.32 Å². The van der Waals surface area contributed by atoms with Crippen LogP contribution in [-0.4, -0.2) is 55.1 Å². The Kier molecular flexibility index (Phi) is 8.53. The molecule has 0 saturated heterocycles. The van der Waals surface area contributed by atoms with Crippen LogP contribution in [0.3, 0.4) is 0 Å². The molecule has 0 unspecified atom stereocenters. The lowest BCUT2D eigenvalue weighted by atomic mass is 10.1. The highest BCUT2D eigenvalue weighted by Gasteiger charge is 2.04. The molecule has 0 bridgehead atoms. The van der Waals surface area contributed by atoms with E-state index in [1.165, 1.54) is 61.6 Å². The van der Waals surface area contributed by atoms with Crippen molar-refractivity contribution in [2.24, 2.45) is 0 Å². The van der Waals surface area contributed by atoms with Gasteiger partial charge in [-0.05, 0) is 32.0 Å². The fourth-order valence-corrected chi connectivity index (χ4v) is 1.90. The number of hydrogen-bond acceptors (Lipinski definition) is 1. The minimum absolute atomic E-state index is 1.11. The summed E-state index contributed by atoms with van der Waals surface area (Å²) in [6, 6.07) is 0. The highest BCUT2D eigenvalue weighted by molar-refractivity contribution is 6.08. The molecule has 0 aliphatic heterocycles. The minimum atomic E-state index is 1.11. The maximum absolute atomic E-state index is 3.42. The van der Waals surface area contributed by atoms with Gasteiger partial charge in [-0.1, -0.05) is 12.8 Å². The third-order valence-electron chi connectivity index (χ3n) is 2.43. The number of nitrogens with one attached hydrogen (secondary N) is 1. The summed E-state index contributed by atoms with van der Waals surface area (Å²) in [6.45, 7) is 2.55. The van der Waals surface area contributed by atoms with Gasteiger partial charge in [0.15, 0.2) is 0 Å². The molecule has 0 rings (SSSR count). The van der Waals surface area contributed by atoms with Gasteiger partial charge in [-0.3, -0.25) is 0 Å². The molecular formula is C11H29N2Si+. The first-order valence-electron chi connectivity index (χ1n) is 6.07. The van der Waals surface area contributed by atoms with E-state index in [1.54, 1.807) is 0 Å². The Morgan fingerprint density at radius 3 is 2.07 bits per heavy atom. The third-order valence-corrected chi connectivity index (χ3v) is 2.93. The van der Waals surface area contributed by atoms with E-state index < -0.39 is 0 Å². The van der Waals surface area contributed by atoms with E-state index in [0.717, 1.165) is 4.48 Å². The van der Waals surface area contributed by atoms with Crippen LogP contribution in [0.4, 0.5) is 0 Å². The van der Waals surface area contributed by atoms with Crippen LogP contribution >= 0.6 is 0 Å². The fraction of sp³-hybridized carbons (Fsp3) is 1.00. The van der Waals surface area contributed by atoms with E-state index in [2.05, 4.69) is 26.5 Å². The summed E-state index contributed by atoms with van der Waals surface area (Å²) in [4.78, 5) is 0. The molecule has 0 aromatic heterocycles. The smallest absolute Gasteiger partial charge is 0.0780 e. The molecule has 0 aromatic rings. The Hall–Kier alpha value is 0.137. The van der Waals surface area contributed by atoms with Gasteiger partial charge in [-0.25, -0.2) is 0 Å². The van der Waals surface area contributed by atoms with E-state index >= 15 is 0 Å². The third kappa shape index (κ3) is 12.1. The molecule has 2 nitrogen and oxygen atoms in total. The zero-order valence-electron chi connectivity index (χ0n) is 10.6. The number of quaternary nitrogens is 1. The average molecular weight is 217 g/mol. The highest BCUT2D eigenvalue weighted by atomic mass is 28.1. The molecule has 0 aliphatic rings. The second-order valence-electron chi connectivity index (χ2n) is 5.14. The van der Waals surface area contributed by atoms with Crippen molar-refractivity contribution in [2.45, 2.75) is 32.1 Å². The van der Waals surface area contributed by atoms with Crippen LogP contribution in [0.5, 0.6) is 0 Å². The van der Waals surface area contributed by atoms with E-state index in [-0.39, 0.29) is 0 Å². The predicted octanol–water partition coefficient (Wildman–Crippen LogP) is 0.556. The van der Waals surface area contributed by atoms with Crippen LogP contribution in [0.15, 0.2) is 0 Å². The van der Waals surface area contributed by atoms with Crippen LogP contribution in [0.25, 0.3) is 0 Å². The first kappa shape index (κ1) is 14.1. The zero-order valence-corrected chi connectivity index (χ0v) is 12.6. The van der Waals surface area contributed by atoms with Crippen LogP contribution in [0.2, 0.25) is 0 Å². The van der Waals surface area contributed by atoms with E-state index in [9.17, 15) is 0 Å². The number of nitrogens with zero attached hydrogens (tertiary/aromatic N) is 1. The molecule has 0 saturated carbocycles. The molecular weight excluding hydrogens is 188 g/mol. The lowest BCUT2D eigenvalue weighted by Crippen LogP contribution is -2.35. The van der Waals surface area contributed by atoms with Crippen LogP contribution in [0.1, 0.15) is 32.1 Å². The lowest BCUT2D eigenvalue weighted by molar-refractivity contribution is -0.870. The van der Waals surface area contributed by atoms with Gasteiger partial charge in [0.1, 0.15) is 0 Å². The van der Waals surface area contributed by atoms with Gasteiger partial charge in [0.05, 0.1) is 27.7 Å². The van der Waals surface area contributed by atoms with Crippen LogP contribution in [-0.2, 0) is 0 Å². The molecule has 1 N–H and O–H groups in total. The topological polar surface area (TPSA) is 12.0 Å². The van der Waals surface area contributed by atoms with E-state index in [0.29, 0.717) is 0 Å². The fourth-order valence-electron chi connectivity index (χ4n) is 1.54. The van der Waals surface area contributed by atoms with E-state index in [1.807, 2.05) is 0 Å². The minimum Gasteiger partial charge on any atom is -0.331 e. The molecule has 0 spiro atoms. The Balaban J connectivity index is 2.99. The van der Waals surface area contributed by atoms with Crippen molar-refractivity contribution in [1.29, 1.82) is 0 Å². The summed E-state index contributed by atoms with van der Waals surface area (Å²) in [5.41, 5.74) is 0. The first-order valence-corrected chi connectivity index (χ1v) is 7.49. The SMILES string of the molecule is C[N+](C)(C)CCCCCCCNC[SiH3]. The summed E-state index contributed by atoms with van der Waals surface area (Å²) in [5.74, 6) is 0. The van der Waals surface area contributed by atoms with Crippen molar-refractivity contribution in [3.05, 3.63) is 0 Å². The zero-order chi connectivity index (χ0) is 10.9. The lowest BCUT2D eigenvalue weighted by Gasteiger charge is -2.23. The van der Waals surface area contributed by atoms with Crippen molar-refractivity contribution in [3.8, 4) is 0 Å². The largest absolute Gasteiger partial charge is 0.331 e. The maximum atomic E-state index is 3.42. The number of unbranched alkanes of at least 4 members (excludes halogenated alkanes) is 4. The Bertz CT molecular complexity index is 121. The number of hydrogen-bond donors (Lipinski definition) is 1.